The maximum Gasteiger partial charge on any atom is 0.231 e. The topological polar surface area (TPSA) is 18.5 Å². The fourth-order valence-electron chi connectivity index (χ4n) is 2.65. The van der Waals surface area contributed by atoms with Crippen LogP contribution >= 0.6 is 0 Å². The van der Waals surface area contributed by atoms with Gasteiger partial charge in [0.25, 0.3) is 0 Å². The van der Waals surface area contributed by atoms with E-state index in [1.165, 1.54) is 27.5 Å². The van der Waals surface area contributed by atoms with Crippen molar-refractivity contribution >= 4 is 10.8 Å². The van der Waals surface area contributed by atoms with Crippen LogP contribution in [0.2, 0.25) is 0 Å². The van der Waals surface area contributed by atoms with Crippen molar-refractivity contribution < 1.29 is 9.47 Å². The molecular formula is C18H14O2. The third-order valence-corrected chi connectivity index (χ3v) is 3.74. The van der Waals surface area contributed by atoms with Crippen molar-refractivity contribution in [3.63, 3.8) is 0 Å². The van der Waals surface area contributed by atoms with E-state index in [1.54, 1.807) is 0 Å². The zero-order chi connectivity index (χ0) is 13.5. The van der Waals surface area contributed by atoms with Crippen molar-refractivity contribution in [2.24, 2.45) is 0 Å². The lowest BCUT2D eigenvalue weighted by Gasteiger charge is -2.08. The van der Waals surface area contributed by atoms with E-state index >= 15 is 0 Å². The van der Waals surface area contributed by atoms with E-state index in [2.05, 4.69) is 61.5 Å². The first-order valence-electron chi connectivity index (χ1n) is 6.71. The molecule has 2 heteroatoms. The molecule has 0 saturated carbocycles. The molecule has 1 aliphatic heterocycles. The van der Waals surface area contributed by atoms with E-state index < -0.39 is 0 Å². The number of fused-ring (bicyclic) bond motifs is 2. The summed E-state index contributed by atoms with van der Waals surface area (Å²) in [7, 11) is 0. The Morgan fingerprint density at radius 1 is 0.850 bits per heavy atom. The Bertz CT molecular complexity index is 788. The smallest absolute Gasteiger partial charge is 0.231 e. The Morgan fingerprint density at radius 3 is 2.40 bits per heavy atom. The van der Waals surface area contributed by atoms with Gasteiger partial charge in [-0.05, 0) is 41.0 Å². The van der Waals surface area contributed by atoms with Gasteiger partial charge in [0.15, 0.2) is 11.5 Å². The molecule has 1 aliphatic rings. The van der Waals surface area contributed by atoms with Crippen molar-refractivity contribution in [1.29, 1.82) is 0 Å². The van der Waals surface area contributed by atoms with Gasteiger partial charge in [-0.25, -0.2) is 0 Å². The molecule has 0 bridgehead atoms. The molecular weight excluding hydrogens is 248 g/mol. The molecule has 0 unspecified atom stereocenters. The van der Waals surface area contributed by atoms with Gasteiger partial charge >= 0.3 is 0 Å². The zero-order valence-corrected chi connectivity index (χ0v) is 11.2. The van der Waals surface area contributed by atoms with E-state index in [4.69, 9.17) is 9.47 Å². The van der Waals surface area contributed by atoms with Gasteiger partial charge in [-0.1, -0.05) is 48.0 Å². The van der Waals surface area contributed by atoms with Crippen LogP contribution in [0.4, 0.5) is 0 Å². The Balaban J connectivity index is 1.97. The molecule has 20 heavy (non-hydrogen) atoms. The fraction of sp³-hybridized carbons (Fsp3) is 0.111. The molecule has 0 fully saturated rings. The molecule has 3 aromatic rings. The van der Waals surface area contributed by atoms with Gasteiger partial charge in [0.1, 0.15) is 0 Å². The molecule has 2 nitrogen and oxygen atoms in total. The molecule has 0 atom stereocenters. The Hall–Kier alpha value is -2.48. The second-order valence-corrected chi connectivity index (χ2v) is 5.10. The number of hydrogen-bond donors (Lipinski definition) is 0. The van der Waals surface area contributed by atoms with E-state index in [0.29, 0.717) is 6.79 Å². The minimum Gasteiger partial charge on any atom is -0.454 e. The highest BCUT2D eigenvalue weighted by atomic mass is 16.7. The van der Waals surface area contributed by atoms with Crippen LogP contribution in [0.5, 0.6) is 11.5 Å². The normalized spacial score (nSPS) is 12.8. The maximum absolute atomic E-state index is 5.49. The monoisotopic (exact) mass is 262 g/mol. The first-order chi connectivity index (χ1) is 9.81. The predicted octanol–water partition coefficient (Wildman–Crippen LogP) is 4.54. The summed E-state index contributed by atoms with van der Waals surface area (Å²) in [6.07, 6.45) is 0. The highest BCUT2D eigenvalue weighted by molar-refractivity contribution is 5.98. The van der Waals surface area contributed by atoms with E-state index in [0.717, 1.165) is 11.5 Å². The highest BCUT2D eigenvalue weighted by Gasteiger charge is 2.15. The van der Waals surface area contributed by atoms with E-state index in [-0.39, 0.29) is 0 Å². The molecule has 0 spiro atoms. The van der Waals surface area contributed by atoms with Gasteiger partial charge in [0.2, 0.25) is 6.79 Å². The lowest BCUT2D eigenvalue weighted by molar-refractivity contribution is 0.174. The van der Waals surface area contributed by atoms with Gasteiger partial charge < -0.3 is 9.47 Å². The molecule has 0 amide bonds. The second-order valence-electron chi connectivity index (χ2n) is 5.10. The minimum atomic E-state index is 0.311. The highest BCUT2D eigenvalue weighted by Crippen LogP contribution is 2.39. The van der Waals surface area contributed by atoms with Crippen molar-refractivity contribution in [2.75, 3.05) is 6.79 Å². The van der Waals surface area contributed by atoms with Crippen molar-refractivity contribution in [3.8, 4) is 22.6 Å². The minimum absolute atomic E-state index is 0.311. The summed E-state index contributed by atoms with van der Waals surface area (Å²) in [4.78, 5) is 0. The Labute approximate surface area is 117 Å². The number of ether oxygens (including phenoxy) is 2. The molecule has 4 rings (SSSR count). The predicted molar refractivity (Wildman–Crippen MR) is 80.2 cm³/mol. The van der Waals surface area contributed by atoms with Gasteiger partial charge in [-0.2, -0.15) is 0 Å². The van der Waals surface area contributed by atoms with E-state index in [9.17, 15) is 0 Å². The van der Waals surface area contributed by atoms with Crippen molar-refractivity contribution in [1.82, 2.24) is 0 Å². The van der Waals surface area contributed by atoms with Crippen LogP contribution in [0.25, 0.3) is 21.9 Å². The summed E-state index contributed by atoms with van der Waals surface area (Å²) in [5.74, 6) is 1.66. The van der Waals surface area contributed by atoms with Crippen LogP contribution in [0.3, 0.4) is 0 Å². The van der Waals surface area contributed by atoms with Crippen LogP contribution in [-0.2, 0) is 0 Å². The molecule has 1 heterocycles. The SMILES string of the molecule is Cc1ccc(-c2cccc3cc4c(cc23)OCO4)cc1. The van der Waals surface area contributed by atoms with Crippen LogP contribution < -0.4 is 9.47 Å². The number of hydrogen-bond acceptors (Lipinski definition) is 2. The van der Waals surface area contributed by atoms with Gasteiger partial charge in [-0.15, -0.1) is 0 Å². The Morgan fingerprint density at radius 2 is 1.60 bits per heavy atom. The lowest BCUT2D eigenvalue weighted by atomic mass is 9.97. The Kier molecular flexibility index (Phi) is 2.43. The summed E-state index contributed by atoms with van der Waals surface area (Å²) in [6, 6.07) is 19.1. The van der Waals surface area contributed by atoms with Crippen LogP contribution in [0.1, 0.15) is 5.56 Å². The molecule has 0 aliphatic carbocycles. The van der Waals surface area contributed by atoms with Crippen LogP contribution in [0, 0.1) is 6.92 Å². The molecule has 98 valence electrons. The van der Waals surface area contributed by atoms with Crippen LogP contribution in [0.15, 0.2) is 54.6 Å². The molecule has 3 aromatic carbocycles. The number of benzene rings is 3. The summed E-state index contributed by atoms with van der Waals surface area (Å²) in [5, 5.41) is 2.37. The summed E-state index contributed by atoms with van der Waals surface area (Å²) < 4.78 is 10.9. The molecule has 0 aromatic heterocycles. The summed E-state index contributed by atoms with van der Waals surface area (Å²) >= 11 is 0. The van der Waals surface area contributed by atoms with Crippen molar-refractivity contribution in [2.45, 2.75) is 6.92 Å². The number of aryl methyl sites for hydroxylation is 1. The average molecular weight is 262 g/mol. The standard InChI is InChI=1S/C18H14O2/c1-12-5-7-13(8-6-12)15-4-2-3-14-9-17-18(10-16(14)15)20-11-19-17/h2-10H,11H2,1H3. The third-order valence-electron chi connectivity index (χ3n) is 3.74. The molecule has 0 N–H and O–H groups in total. The largest absolute Gasteiger partial charge is 0.454 e. The average Bonchev–Trinajstić information content (AvgIpc) is 2.92. The summed E-state index contributed by atoms with van der Waals surface area (Å²) in [5.41, 5.74) is 3.72. The third kappa shape index (κ3) is 1.73. The van der Waals surface area contributed by atoms with Crippen LogP contribution in [-0.4, -0.2) is 6.79 Å². The quantitative estimate of drug-likeness (QED) is 0.640. The maximum atomic E-state index is 5.49. The van der Waals surface area contributed by atoms with Gasteiger partial charge in [0.05, 0.1) is 0 Å². The summed E-state index contributed by atoms with van der Waals surface area (Å²) in [6.45, 7) is 2.41. The lowest BCUT2D eigenvalue weighted by Crippen LogP contribution is -1.92. The molecule has 0 saturated heterocycles. The zero-order valence-electron chi connectivity index (χ0n) is 11.2. The fourth-order valence-corrected chi connectivity index (χ4v) is 2.65. The molecule has 0 radical (unpaired) electrons. The first kappa shape index (κ1) is 11.4. The first-order valence-corrected chi connectivity index (χ1v) is 6.71. The van der Waals surface area contributed by atoms with Gasteiger partial charge in [0, 0.05) is 0 Å². The van der Waals surface area contributed by atoms with Crippen molar-refractivity contribution in [3.05, 3.63) is 60.2 Å². The number of rotatable bonds is 1. The van der Waals surface area contributed by atoms with E-state index in [1.807, 2.05) is 0 Å². The van der Waals surface area contributed by atoms with Gasteiger partial charge in [-0.3, -0.25) is 0 Å². The second kappa shape index (κ2) is 4.27.